The molecular weight excluding hydrogens is 1040 g/mol. The Morgan fingerprint density at radius 2 is 0.723 bits per heavy atom. The van der Waals surface area contributed by atoms with E-state index < -0.39 is 20.0 Å². The number of amides is 1. The summed E-state index contributed by atoms with van der Waals surface area (Å²) in [7, 11) is 1.57. The number of nitrogens with one attached hydrogen (secondary N) is 1. The molecule has 0 aromatic heterocycles. The predicted octanol–water partition coefficient (Wildman–Crippen LogP) is 21.6. The van der Waals surface area contributed by atoms with Crippen molar-refractivity contribution in [3.05, 3.63) is 146 Å². The van der Waals surface area contributed by atoms with E-state index in [4.69, 9.17) is 9.05 Å². The number of hydrogen-bond donors (Lipinski definition) is 3. The minimum Gasteiger partial charge on any atom is -0.391 e. The fourth-order valence-electron chi connectivity index (χ4n) is 9.15. The van der Waals surface area contributed by atoms with Crippen LogP contribution < -0.4 is 5.32 Å². The molecule has 0 saturated carbocycles. The van der Waals surface area contributed by atoms with Crippen molar-refractivity contribution in [3.63, 3.8) is 0 Å². The molecule has 0 saturated heterocycles. The van der Waals surface area contributed by atoms with Gasteiger partial charge in [0, 0.05) is 6.42 Å². The van der Waals surface area contributed by atoms with E-state index in [0.29, 0.717) is 30.3 Å². The first-order valence-electron chi connectivity index (χ1n) is 33.7. The molecule has 0 fully saturated rings. The number of rotatable bonds is 60. The van der Waals surface area contributed by atoms with E-state index in [9.17, 15) is 19.4 Å². The van der Waals surface area contributed by atoms with Gasteiger partial charge in [-0.25, -0.2) is 4.57 Å². The first kappa shape index (κ1) is 79.4. The second kappa shape index (κ2) is 62.9. The van der Waals surface area contributed by atoms with E-state index in [0.717, 1.165) is 109 Å². The number of allylic oxidation sites excluding steroid dienone is 24. The van der Waals surface area contributed by atoms with Gasteiger partial charge in [0.05, 0.1) is 39.9 Å². The van der Waals surface area contributed by atoms with E-state index in [1.165, 1.54) is 122 Å². The average Bonchev–Trinajstić information content (AvgIpc) is 3.50. The van der Waals surface area contributed by atoms with E-state index in [1.54, 1.807) is 0 Å². The number of nitrogens with zero attached hydrogens (tertiary/aromatic N) is 1. The molecule has 0 radical (unpaired) electrons. The van der Waals surface area contributed by atoms with Gasteiger partial charge in [0.1, 0.15) is 13.2 Å². The maximum Gasteiger partial charge on any atom is 0.472 e. The first-order chi connectivity index (χ1) is 40.5. The Morgan fingerprint density at radius 1 is 0.422 bits per heavy atom. The van der Waals surface area contributed by atoms with Crippen molar-refractivity contribution in [2.75, 3.05) is 40.9 Å². The van der Waals surface area contributed by atoms with Crippen molar-refractivity contribution in [2.45, 2.75) is 276 Å². The zero-order chi connectivity index (χ0) is 60.5. The van der Waals surface area contributed by atoms with Gasteiger partial charge < -0.3 is 19.8 Å². The summed E-state index contributed by atoms with van der Waals surface area (Å²) in [5, 5.41) is 14.1. The third-order valence-corrected chi connectivity index (χ3v) is 15.3. The summed E-state index contributed by atoms with van der Waals surface area (Å²) in [6.07, 6.45) is 96.5. The predicted molar refractivity (Wildman–Crippen MR) is 364 cm³/mol. The van der Waals surface area contributed by atoms with Gasteiger partial charge in [-0.15, -0.1) is 0 Å². The molecule has 0 aliphatic heterocycles. The van der Waals surface area contributed by atoms with Gasteiger partial charge in [0.2, 0.25) is 5.91 Å². The number of likely N-dealkylation sites (N-methyl/N-ethyl adjacent to an activating group) is 1. The van der Waals surface area contributed by atoms with E-state index in [2.05, 4.69) is 165 Å². The first-order valence-corrected chi connectivity index (χ1v) is 35.2. The second-order valence-electron chi connectivity index (χ2n) is 23.5. The lowest BCUT2D eigenvalue weighted by Gasteiger charge is -2.26. The lowest BCUT2D eigenvalue weighted by Crippen LogP contribution is -2.46. The Hall–Kier alpha value is -3.62. The highest BCUT2D eigenvalue weighted by molar-refractivity contribution is 7.47. The lowest BCUT2D eigenvalue weighted by atomic mass is 10.0. The molecular formula is C74H128N2O6P+. The number of hydrogen-bond acceptors (Lipinski definition) is 5. The summed E-state index contributed by atoms with van der Waals surface area (Å²) in [6.45, 7) is 4.75. The Bertz CT molecular complexity index is 1860. The monoisotopic (exact) mass is 1170 g/mol. The topological polar surface area (TPSA) is 105 Å². The minimum atomic E-state index is -4.35. The molecule has 0 aromatic rings. The van der Waals surface area contributed by atoms with Crippen LogP contribution in [0, 0.1) is 0 Å². The number of quaternary nitrogens is 1. The maximum atomic E-state index is 13.0. The molecule has 0 aromatic carbocycles. The highest BCUT2D eigenvalue weighted by atomic mass is 31.2. The van der Waals surface area contributed by atoms with Crippen molar-refractivity contribution in [1.82, 2.24) is 5.32 Å². The van der Waals surface area contributed by atoms with E-state index >= 15 is 0 Å². The van der Waals surface area contributed by atoms with Gasteiger partial charge in [-0.05, 0) is 103 Å². The van der Waals surface area contributed by atoms with Crippen LogP contribution in [-0.2, 0) is 18.4 Å². The molecule has 0 rings (SSSR count). The Kier molecular flexibility index (Phi) is 60.2. The summed E-state index contributed by atoms with van der Waals surface area (Å²) in [6, 6.07) is -0.796. The number of unbranched alkanes of at least 4 members (excludes halogenated alkanes) is 23. The minimum absolute atomic E-state index is 0.0587. The quantitative estimate of drug-likeness (QED) is 0.0243. The molecule has 0 aliphatic carbocycles. The summed E-state index contributed by atoms with van der Waals surface area (Å²) in [5.41, 5.74) is 0. The second-order valence-corrected chi connectivity index (χ2v) is 24.9. The number of aliphatic hydroxyl groups excluding tert-OH is 1. The number of carbonyl (C=O) groups is 1. The Labute approximate surface area is 512 Å². The number of aliphatic hydroxyl groups is 1. The van der Waals surface area contributed by atoms with Crippen LogP contribution in [0.4, 0.5) is 0 Å². The van der Waals surface area contributed by atoms with Gasteiger partial charge in [-0.1, -0.05) is 301 Å². The van der Waals surface area contributed by atoms with Crippen LogP contribution in [0.3, 0.4) is 0 Å². The SMILES string of the molecule is CC/C=C\C/C=C\C/C=C\C/C=C\C/C=C\C/C=C\C/C=C\C/C=C\C/C=C\C/C=C\C/C=C\C/C=C\CCCCC(=O)NC(COP(=O)(O)OCC[N+](C)(C)C)C(O)CCCCCCCCCCCCCCCCCCCCCCCC. The fourth-order valence-corrected chi connectivity index (χ4v) is 9.88. The molecule has 8 nitrogen and oxygen atoms in total. The van der Waals surface area contributed by atoms with Crippen LogP contribution in [0.15, 0.2) is 146 Å². The van der Waals surface area contributed by atoms with Gasteiger partial charge in [-0.3, -0.25) is 13.8 Å². The molecule has 0 heterocycles. The standard InChI is InChI=1S/C74H127N2O6P/c1-6-8-10-12-14-16-18-20-22-24-26-28-30-31-32-33-34-35-36-37-38-39-40-41-42-43-44-45-46-48-50-52-54-56-58-60-62-64-66-68-74(78)75-72(71-82-83(79,80)81-70-69-76(3,4)5)73(77)67-65-63-61-59-57-55-53-51-49-47-29-27-25-23-21-19-17-15-13-11-9-7-2/h8,10,14,16,20,22,26,28,31-32,34-35,37-38,40-41,43-44,46,48,52,54,58,60,72-73,77H,6-7,9,11-13,15,17-19,21,23-25,27,29-30,33,36,39,42,45,47,49-51,53,55-57,59,61-71H2,1-5H3,(H-,75,78,79,80)/p+1/b10-8-,16-14-,22-20-,28-26-,32-31-,35-34-,38-37-,41-40-,44-43-,48-46-,54-52-,60-58-. The summed E-state index contributed by atoms with van der Waals surface area (Å²) >= 11 is 0. The van der Waals surface area contributed by atoms with Crippen LogP contribution in [0.1, 0.15) is 264 Å². The molecule has 3 unspecified atom stereocenters. The van der Waals surface area contributed by atoms with Crippen molar-refractivity contribution in [1.29, 1.82) is 0 Å². The largest absolute Gasteiger partial charge is 0.472 e. The Morgan fingerprint density at radius 3 is 1.04 bits per heavy atom. The summed E-state index contributed by atoms with van der Waals surface area (Å²) in [5.74, 6) is -0.190. The van der Waals surface area contributed by atoms with Crippen LogP contribution >= 0.6 is 7.82 Å². The summed E-state index contributed by atoms with van der Waals surface area (Å²) in [4.78, 5) is 23.4. The molecule has 3 atom stereocenters. The van der Waals surface area contributed by atoms with Crippen LogP contribution in [-0.4, -0.2) is 73.4 Å². The van der Waals surface area contributed by atoms with Crippen LogP contribution in [0.25, 0.3) is 0 Å². The molecule has 0 spiro atoms. The molecule has 83 heavy (non-hydrogen) atoms. The highest BCUT2D eigenvalue weighted by Crippen LogP contribution is 2.43. The maximum absolute atomic E-state index is 13.0. The number of carbonyl (C=O) groups excluding carboxylic acids is 1. The zero-order valence-electron chi connectivity index (χ0n) is 54.1. The van der Waals surface area contributed by atoms with E-state index in [1.807, 2.05) is 21.1 Å². The van der Waals surface area contributed by atoms with Gasteiger partial charge in [-0.2, -0.15) is 0 Å². The third kappa shape index (κ3) is 65.8. The van der Waals surface area contributed by atoms with E-state index in [-0.39, 0.29) is 19.1 Å². The van der Waals surface area contributed by atoms with Crippen molar-refractivity contribution < 1.29 is 32.9 Å². The average molecular weight is 1170 g/mol. The third-order valence-electron chi connectivity index (χ3n) is 14.4. The number of phosphoric acid groups is 1. The fraction of sp³-hybridized carbons (Fsp3) is 0.662. The molecule has 0 bridgehead atoms. The van der Waals surface area contributed by atoms with Crippen molar-refractivity contribution in [2.24, 2.45) is 0 Å². The number of phosphoric ester groups is 1. The molecule has 474 valence electrons. The zero-order valence-corrected chi connectivity index (χ0v) is 55.0. The Balaban J connectivity index is 4.23. The highest BCUT2D eigenvalue weighted by Gasteiger charge is 2.28. The molecule has 0 aliphatic rings. The van der Waals surface area contributed by atoms with Crippen LogP contribution in [0.5, 0.6) is 0 Å². The van der Waals surface area contributed by atoms with Crippen LogP contribution in [0.2, 0.25) is 0 Å². The molecule has 1 amide bonds. The van der Waals surface area contributed by atoms with Crippen molar-refractivity contribution in [3.8, 4) is 0 Å². The van der Waals surface area contributed by atoms with Gasteiger partial charge >= 0.3 is 7.82 Å². The van der Waals surface area contributed by atoms with Gasteiger partial charge in [0.15, 0.2) is 0 Å². The molecule has 9 heteroatoms. The normalized spacial score (nSPS) is 14.6. The lowest BCUT2D eigenvalue weighted by molar-refractivity contribution is -0.870. The van der Waals surface area contributed by atoms with Gasteiger partial charge in [0.25, 0.3) is 0 Å². The van der Waals surface area contributed by atoms with Crippen molar-refractivity contribution >= 4 is 13.7 Å². The smallest absolute Gasteiger partial charge is 0.391 e. The summed E-state index contributed by atoms with van der Waals surface area (Å²) < 4.78 is 23.8. The molecule has 3 N–H and O–H groups in total.